The third-order valence-corrected chi connectivity index (χ3v) is 8.51. The van der Waals surface area contributed by atoms with Crippen LogP contribution in [0.15, 0.2) is 53.4 Å². The van der Waals surface area contributed by atoms with Crippen LogP contribution in [0.1, 0.15) is 41.0 Å². The summed E-state index contributed by atoms with van der Waals surface area (Å²) in [5, 5.41) is 10.4. The fraction of sp³-hybridized carbons (Fsp3) is 0.318. The Kier molecular flexibility index (Phi) is 6.17. The van der Waals surface area contributed by atoms with Crippen LogP contribution in [-0.2, 0) is 10.0 Å². The van der Waals surface area contributed by atoms with Crippen molar-refractivity contribution in [3.63, 3.8) is 0 Å². The maximum absolute atomic E-state index is 13.0. The van der Waals surface area contributed by atoms with Gasteiger partial charge in [0.05, 0.1) is 17.6 Å². The Labute approximate surface area is 185 Å². The van der Waals surface area contributed by atoms with Gasteiger partial charge in [-0.15, -0.1) is 10.2 Å². The molecule has 31 heavy (non-hydrogen) atoms. The van der Waals surface area contributed by atoms with E-state index in [1.807, 2.05) is 24.3 Å². The van der Waals surface area contributed by atoms with Gasteiger partial charge in [-0.2, -0.15) is 4.31 Å². The average molecular weight is 458 g/mol. The quantitative estimate of drug-likeness (QED) is 0.520. The Morgan fingerprint density at radius 2 is 1.74 bits per heavy atom. The molecule has 0 atom stereocenters. The molecule has 0 radical (unpaired) electrons. The number of methoxy groups -OCH3 is 1. The molecule has 2 aromatic carbocycles. The minimum absolute atomic E-state index is 0.0886. The van der Waals surface area contributed by atoms with E-state index in [1.54, 1.807) is 19.2 Å². The maximum atomic E-state index is 13.0. The molecule has 0 saturated carbocycles. The number of hydrogen-bond acceptors (Lipinski definition) is 7. The zero-order chi connectivity index (χ0) is 22.0. The van der Waals surface area contributed by atoms with Crippen LogP contribution in [0.4, 0.5) is 0 Å². The summed E-state index contributed by atoms with van der Waals surface area (Å²) in [4.78, 5) is 11.6. The Bertz CT molecular complexity index is 1180. The highest BCUT2D eigenvalue weighted by molar-refractivity contribution is 7.89. The summed E-state index contributed by atoms with van der Waals surface area (Å²) in [5.41, 5.74) is 1.41. The number of ketones is 1. The fourth-order valence-corrected chi connectivity index (χ4v) is 6.20. The van der Waals surface area contributed by atoms with Crippen molar-refractivity contribution in [2.24, 2.45) is 0 Å². The van der Waals surface area contributed by atoms with Crippen LogP contribution >= 0.6 is 11.3 Å². The van der Waals surface area contributed by atoms with Crippen LogP contribution in [0.5, 0.6) is 5.75 Å². The second-order valence-electron chi connectivity index (χ2n) is 7.40. The lowest BCUT2D eigenvalue weighted by molar-refractivity contribution is 0.101. The number of benzene rings is 2. The predicted molar refractivity (Wildman–Crippen MR) is 119 cm³/mol. The van der Waals surface area contributed by atoms with Crippen LogP contribution in [0.2, 0.25) is 0 Å². The Morgan fingerprint density at radius 1 is 1.06 bits per heavy atom. The monoisotopic (exact) mass is 457 g/mol. The van der Waals surface area contributed by atoms with Gasteiger partial charge >= 0.3 is 0 Å². The van der Waals surface area contributed by atoms with E-state index >= 15 is 0 Å². The minimum Gasteiger partial charge on any atom is -0.496 e. The van der Waals surface area contributed by atoms with E-state index in [2.05, 4.69) is 10.2 Å². The molecule has 1 saturated heterocycles. The van der Waals surface area contributed by atoms with Crippen molar-refractivity contribution >= 4 is 27.1 Å². The molecule has 9 heteroatoms. The highest BCUT2D eigenvalue weighted by Crippen LogP contribution is 2.37. The molecule has 0 unspecified atom stereocenters. The normalized spacial score (nSPS) is 15.7. The molecule has 0 N–H and O–H groups in total. The molecule has 162 valence electrons. The molecule has 0 aliphatic carbocycles. The van der Waals surface area contributed by atoms with Crippen LogP contribution in [-0.4, -0.2) is 48.9 Å². The Hall–Kier alpha value is -2.62. The smallest absolute Gasteiger partial charge is 0.243 e. The number of rotatable bonds is 6. The number of ether oxygens (including phenoxy) is 1. The van der Waals surface area contributed by atoms with E-state index in [4.69, 9.17) is 4.74 Å². The molecule has 3 aromatic rings. The summed E-state index contributed by atoms with van der Waals surface area (Å²) in [6, 6.07) is 13.8. The largest absolute Gasteiger partial charge is 0.496 e. The van der Waals surface area contributed by atoms with E-state index in [9.17, 15) is 13.2 Å². The van der Waals surface area contributed by atoms with Gasteiger partial charge in [-0.05, 0) is 44.0 Å². The van der Waals surface area contributed by atoms with Gasteiger partial charge in [0.1, 0.15) is 10.8 Å². The fourth-order valence-electron chi connectivity index (χ4n) is 3.68. The van der Waals surface area contributed by atoms with Crippen LogP contribution < -0.4 is 4.74 Å². The SMILES string of the molecule is COc1ccccc1-c1nnc(C2CCN(S(=O)(=O)c3ccc(C(C)=O)cc3)CC2)s1. The lowest BCUT2D eigenvalue weighted by Crippen LogP contribution is -2.37. The molecule has 0 bridgehead atoms. The van der Waals surface area contributed by atoms with Gasteiger partial charge in [0.25, 0.3) is 0 Å². The Balaban J connectivity index is 1.45. The lowest BCUT2D eigenvalue weighted by atomic mass is 9.99. The summed E-state index contributed by atoms with van der Waals surface area (Å²) in [5.74, 6) is 0.837. The highest BCUT2D eigenvalue weighted by atomic mass is 32.2. The molecule has 7 nitrogen and oxygen atoms in total. The van der Waals surface area contributed by atoms with Gasteiger partial charge in [0.15, 0.2) is 10.8 Å². The minimum atomic E-state index is -3.58. The second-order valence-corrected chi connectivity index (χ2v) is 10.4. The van der Waals surface area contributed by atoms with Crippen molar-refractivity contribution in [3.05, 3.63) is 59.1 Å². The predicted octanol–water partition coefficient (Wildman–Crippen LogP) is 3.98. The standard InChI is InChI=1S/C22H23N3O4S2/c1-15(26)16-7-9-18(10-8-16)31(27,28)25-13-11-17(12-14-25)21-23-24-22(30-21)19-5-3-4-6-20(19)29-2/h3-10,17H,11-14H2,1-2H3. The number of carbonyl (C=O) groups excluding carboxylic acids is 1. The molecule has 4 rings (SSSR count). The molecular weight excluding hydrogens is 434 g/mol. The molecule has 1 aliphatic heterocycles. The molecular formula is C22H23N3O4S2. The first-order valence-corrected chi connectivity index (χ1v) is 12.2. The number of carbonyl (C=O) groups is 1. The lowest BCUT2D eigenvalue weighted by Gasteiger charge is -2.30. The highest BCUT2D eigenvalue weighted by Gasteiger charge is 2.31. The van der Waals surface area contributed by atoms with Crippen LogP contribution in [0.3, 0.4) is 0 Å². The van der Waals surface area contributed by atoms with Gasteiger partial charge in [-0.3, -0.25) is 4.79 Å². The number of para-hydroxylation sites is 1. The third-order valence-electron chi connectivity index (χ3n) is 5.48. The number of sulfonamides is 1. The molecule has 1 aromatic heterocycles. The van der Waals surface area contributed by atoms with Crippen molar-refractivity contribution in [2.45, 2.75) is 30.6 Å². The molecule has 0 amide bonds. The summed E-state index contributed by atoms with van der Waals surface area (Å²) < 4.78 is 32.9. The van der Waals surface area contributed by atoms with E-state index in [0.717, 1.165) is 21.3 Å². The first-order chi connectivity index (χ1) is 14.9. The number of piperidine rings is 1. The van der Waals surface area contributed by atoms with Crippen molar-refractivity contribution in [3.8, 4) is 16.3 Å². The summed E-state index contributed by atoms with van der Waals surface area (Å²) in [7, 11) is -1.95. The first kappa shape index (κ1) is 21.6. The van der Waals surface area contributed by atoms with Crippen LogP contribution in [0.25, 0.3) is 10.6 Å². The van der Waals surface area contributed by atoms with Crippen molar-refractivity contribution in [1.29, 1.82) is 0 Å². The topological polar surface area (TPSA) is 89.5 Å². The maximum Gasteiger partial charge on any atom is 0.243 e. The van der Waals surface area contributed by atoms with E-state index < -0.39 is 10.0 Å². The number of Topliss-reactive ketones (excluding diaryl/α,β-unsaturated/α-hetero) is 1. The molecule has 1 fully saturated rings. The van der Waals surface area contributed by atoms with Crippen molar-refractivity contribution in [1.82, 2.24) is 14.5 Å². The zero-order valence-corrected chi connectivity index (χ0v) is 18.9. The second kappa shape index (κ2) is 8.86. The van der Waals surface area contributed by atoms with E-state index in [-0.39, 0.29) is 16.6 Å². The molecule has 2 heterocycles. The Morgan fingerprint density at radius 3 is 2.39 bits per heavy atom. The average Bonchev–Trinajstić information content (AvgIpc) is 3.29. The number of hydrogen-bond donors (Lipinski definition) is 0. The van der Waals surface area contributed by atoms with Crippen LogP contribution in [0, 0.1) is 0 Å². The number of aromatic nitrogens is 2. The van der Waals surface area contributed by atoms with E-state index in [0.29, 0.717) is 31.5 Å². The van der Waals surface area contributed by atoms with Gasteiger partial charge in [0.2, 0.25) is 10.0 Å². The third kappa shape index (κ3) is 4.39. The zero-order valence-electron chi connectivity index (χ0n) is 17.3. The summed E-state index contributed by atoms with van der Waals surface area (Å²) in [6.45, 7) is 2.30. The first-order valence-electron chi connectivity index (χ1n) is 9.98. The van der Waals surface area contributed by atoms with Gasteiger partial charge in [-0.1, -0.05) is 35.6 Å². The number of nitrogens with zero attached hydrogens (tertiary/aromatic N) is 3. The van der Waals surface area contributed by atoms with Crippen molar-refractivity contribution < 1.29 is 17.9 Å². The van der Waals surface area contributed by atoms with Crippen molar-refractivity contribution in [2.75, 3.05) is 20.2 Å². The summed E-state index contributed by atoms with van der Waals surface area (Å²) in [6.07, 6.45) is 1.37. The van der Waals surface area contributed by atoms with E-state index in [1.165, 1.54) is 34.7 Å². The molecule has 1 aliphatic rings. The molecule has 0 spiro atoms. The van der Waals surface area contributed by atoms with Gasteiger partial charge in [-0.25, -0.2) is 8.42 Å². The van der Waals surface area contributed by atoms with Gasteiger partial charge in [0, 0.05) is 24.6 Å². The summed E-state index contributed by atoms with van der Waals surface area (Å²) >= 11 is 1.53. The van der Waals surface area contributed by atoms with Gasteiger partial charge < -0.3 is 4.74 Å².